The van der Waals surface area contributed by atoms with Crippen LogP contribution in [0.15, 0.2) is 65.8 Å². The normalized spacial score (nSPS) is 12.2. The molecule has 2 aromatic carbocycles. The zero-order valence-corrected chi connectivity index (χ0v) is 23.5. The third-order valence-corrected chi connectivity index (χ3v) is 7.10. The van der Waals surface area contributed by atoms with Crippen molar-refractivity contribution in [1.82, 2.24) is 14.3 Å². The number of para-hydroxylation sites is 1. The molecule has 0 radical (unpaired) electrons. The molecule has 0 aliphatic heterocycles. The summed E-state index contributed by atoms with van der Waals surface area (Å²) in [6.45, 7) is 6.38. The summed E-state index contributed by atoms with van der Waals surface area (Å²) in [5.41, 5.74) is -0.594. The first-order chi connectivity index (χ1) is 18.8. The third-order valence-electron chi connectivity index (χ3n) is 5.73. The van der Waals surface area contributed by atoms with Gasteiger partial charge in [0.15, 0.2) is 17.6 Å². The maximum absolute atomic E-state index is 13.7. The van der Waals surface area contributed by atoms with Crippen molar-refractivity contribution in [3.05, 3.63) is 66.7 Å². The summed E-state index contributed by atoms with van der Waals surface area (Å²) >= 11 is 0. The zero-order chi connectivity index (χ0) is 29.7. The van der Waals surface area contributed by atoms with Crippen LogP contribution in [-0.4, -0.2) is 48.6 Å². The van der Waals surface area contributed by atoms with Crippen LogP contribution >= 0.6 is 0 Å². The minimum absolute atomic E-state index is 0.0549. The highest BCUT2D eigenvalue weighted by molar-refractivity contribution is 7.90. The number of ether oxygens (including phenoxy) is 1. The third kappa shape index (κ3) is 6.91. The molecule has 3 amide bonds. The standard InChI is InChI=1S/C27H31N5O7S/c1-6-21(33)31-40(37,38)18-12-13-20(39-5)19(16-18)30-25(35)22(23(34)27(2,3)4)32-15-14-28-24(32)26(36)29-17-10-8-7-9-11-17/h7-16,22H,6H2,1-5H3,(H,29,36)(H,30,35)(H,31,33). The van der Waals surface area contributed by atoms with E-state index < -0.39 is 45.0 Å². The highest BCUT2D eigenvalue weighted by Gasteiger charge is 2.38. The number of nitrogens with one attached hydrogen (secondary N) is 3. The molecule has 12 nitrogen and oxygen atoms in total. The summed E-state index contributed by atoms with van der Waals surface area (Å²) < 4.78 is 33.7. The number of hydrogen-bond donors (Lipinski definition) is 3. The number of carbonyl (C=O) groups excluding carboxylic acids is 4. The number of Topliss-reactive ketones (excluding diaryl/α,β-unsaturated/α-hetero) is 1. The van der Waals surface area contributed by atoms with Crippen molar-refractivity contribution < 1.29 is 32.3 Å². The Bertz CT molecular complexity index is 1530. The second-order valence-electron chi connectivity index (χ2n) is 9.73. The predicted molar refractivity (Wildman–Crippen MR) is 147 cm³/mol. The highest BCUT2D eigenvalue weighted by atomic mass is 32.2. The lowest BCUT2D eigenvalue weighted by Gasteiger charge is -2.26. The summed E-state index contributed by atoms with van der Waals surface area (Å²) in [6.07, 6.45) is 2.58. The molecule has 1 heterocycles. The molecule has 3 N–H and O–H groups in total. The van der Waals surface area contributed by atoms with E-state index in [9.17, 15) is 27.6 Å². The lowest BCUT2D eigenvalue weighted by atomic mass is 9.86. The number of rotatable bonds is 10. The van der Waals surface area contributed by atoms with Gasteiger partial charge >= 0.3 is 0 Å². The SMILES string of the molecule is CCC(=O)NS(=O)(=O)c1ccc(OC)c(NC(=O)C(C(=O)C(C)(C)C)n2ccnc2C(=O)Nc2ccccc2)c1. The van der Waals surface area contributed by atoms with Gasteiger partial charge in [-0.15, -0.1) is 0 Å². The fourth-order valence-corrected chi connectivity index (χ4v) is 4.70. The molecule has 0 aliphatic rings. The Morgan fingerprint density at radius 3 is 2.30 bits per heavy atom. The lowest BCUT2D eigenvalue weighted by molar-refractivity contribution is -0.135. The maximum atomic E-state index is 13.7. The molecule has 0 saturated carbocycles. The van der Waals surface area contributed by atoms with Crippen LogP contribution in [0.5, 0.6) is 5.75 Å². The van der Waals surface area contributed by atoms with Gasteiger partial charge in [-0.3, -0.25) is 19.2 Å². The van der Waals surface area contributed by atoms with Gasteiger partial charge in [-0.1, -0.05) is 45.9 Å². The van der Waals surface area contributed by atoms with E-state index in [4.69, 9.17) is 4.74 Å². The Morgan fingerprint density at radius 2 is 1.70 bits per heavy atom. The monoisotopic (exact) mass is 569 g/mol. The smallest absolute Gasteiger partial charge is 0.291 e. The van der Waals surface area contributed by atoms with E-state index in [0.717, 1.165) is 10.6 Å². The van der Waals surface area contributed by atoms with Crippen molar-refractivity contribution in [2.24, 2.45) is 5.41 Å². The number of nitrogens with zero attached hydrogens (tertiary/aromatic N) is 2. The van der Waals surface area contributed by atoms with Gasteiger partial charge in [0.1, 0.15) is 5.75 Å². The lowest BCUT2D eigenvalue weighted by Crippen LogP contribution is -2.40. The molecule has 212 valence electrons. The number of amides is 3. The highest BCUT2D eigenvalue weighted by Crippen LogP contribution is 2.31. The molecule has 0 aliphatic carbocycles. The molecule has 0 bridgehead atoms. The second kappa shape index (κ2) is 12.1. The molecular formula is C27H31N5O7S. The number of imidazole rings is 1. The van der Waals surface area contributed by atoms with E-state index in [-0.39, 0.29) is 28.6 Å². The van der Waals surface area contributed by atoms with E-state index in [0.29, 0.717) is 5.69 Å². The first kappa shape index (κ1) is 30.0. The van der Waals surface area contributed by atoms with Crippen molar-refractivity contribution in [3.8, 4) is 5.75 Å². The summed E-state index contributed by atoms with van der Waals surface area (Å²) in [7, 11) is -2.93. The van der Waals surface area contributed by atoms with Gasteiger partial charge in [0.25, 0.3) is 21.8 Å². The summed E-state index contributed by atoms with van der Waals surface area (Å²) in [4.78, 5) is 55.8. The Morgan fingerprint density at radius 1 is 1.02 bits per heavy atom. The van der Waals surface area contributed by atoms with E-state index in [2.05, 4.69) is 15.6 Å². The van der Waals surface area contributed by atoms with E-state index in [1.165, 1.54) is 38.6 Å². The van der Waals surface area contributed by atoms with Crippen molar-refractivity contribution in [2.45, 2.75) is 45.1 Å². The van der Waals surface area contributed by atoms with Gasteiger partial charge in [-0.2, -0.15) is 0 Å². The van der Waals surface area contributed by atoms with E-state index in [1.807, 2.05) is 4.72 Å². The number of anilines is 2. The summed E-state index contributed by atoms with van der Waals surface area (Å²) in [6, 6.07) is 10.7. The van der Waals surface area contributed by atoms with Gasteiger partial charge in [-0.05, 0) is 30.3 Å². The van der Waals surface area contributed by atoms with Crippen molar-refractivity contribution in [2.75, 3.05) is 17.7 Å². The van der Waals surface area contributed by atoms with Crippen LogP contribution in [0.4, 0.5) is 11.4 Å². The Hall–Kier alpha value is -4.52. The molecule has 3 rings (SSSR count). The Balaban J connectivity index is 2.02. The van der Waals surface area contributed by atoms with Crippen molar-refractivity contribution >= 4 is 44.9 Å². The summed E-state index contributed by atoms with van der Waals surface area (Å²) in [5.74, 6) is -2.84. The number of carbonyl (C=O) groups is 4. The quantitative estimate of drug-likeness (QED) is 0.313. The van der Waals surface area contributed by atoms with Gasteiger partial charge in [0.2, 0.25) is 5.91 Å². The minimum atomic E-state index is -4.25. The maximum Gasteiger partial charge on any atom is 0.291 e. The van der Waals surface area contributed by atoms with Gasteiger partial charge in [0.05, 0.1) is 17.7 Å². The predicted octanol–water partition coefficient (Wildman–Crippen LogP) is 3.15. The zero-order valence-electron chi connectivity index (χ0n) is 22.7. The number of hydrogen-bond acceptors (Lipinski definition) is 8. The average Bonchev–Trinajstić information content (AvgIpc) is 3.38. The molecule has 0 fully saturated rings. The fourth-order valence-electron chi connectivity index (χ4n) is 3.62. The van der Waals surface area contributed by atoms with E-state index >= 15 is 0 Å². The van der Waals surface area contributed by atoms with Crippen LogP contribution in [0.1, 0.15) is 50.8 Å². The number of ketones is 1. The molecule has 1 unspecified atom stereocenters. The van der Waals surface area contributed by atoms with Gasteiger partial charge in [0, 0.05) is 29.9 Å². The molecule has 3 aromatic rings. The second-order valence-corrected chi connectivity index (χ2v) is 11.4. The van der Waals surface area contributed by atoms with Crippen LogP contribution in [-0.2, 0) is 24.4 Å². The Kier molecular flexibility index (Phi) is 9.10. The summed E-state index contributed by atoms with van der Waals surface area (Å²) in [5, 5.41) is 5.24. The molecule has 1 atom stereocenters. The van der Waals surface area contributed by atoms with Crippen LogP contribution in [0.2, 0.25) is 0 Å². The molecule has 0 saturated heterocycles. The molecule has 0 spiro atoms. The van der Waals surface area contributed by atoms with Crippen LogP contribution in [0.3, 0.4) is 0 Å². The van der Waals surface area contributed by atoms with Crippen molar-refractivity contribution in [3.63, 3.8) is 0 Å². The van der Waals surface area contributed by atoms with Gasteiger partial charge < -0.3 is 19.9 Å². The minimum Gasteiger partial charge on any atom is -0.495 e. The van der Waals surface area contributed by atoms with E-state index in [1.54, 1.807) is 51.1 Å². The largest absolute Gasteiger partial charge is 0.495 e. The molecule has 13 heteroatoms. The first-order valence-corrected chi connectivity index (χ1v) is 13.7. The van der Waals surface area contributed by atoms with Crippen LogP contribution < -0.4 is 20.1 Å². The van der Waals surface area contributed by atoms with Gasteiger partial charge in [-0.25, -0.2) is 18.1 Å². The molecular weight excluding hydrogens is 538 g/mol. The number of aromatic nitrogens is 2. The average molecular weight is 570 g/mol. The van der Waals surface area contributed by atoms with Crippen LogP contribution in [0.25, 0.3) is 0 Å². The Labute approximate surface area is 232 Å². The molecule has 40 heavy (non-hydrogen) atoms. The number of benzene rings is 2. The van der Waals surface area contributed by atoms with Crippen LogP contribution in [0, 0.1) is 5.41 Å². The topological polar surface area (TPSA) is 166 Å². The van der Waals surface area contributed by atoms with Crippen molar-refractivity contribution in [1.29, 1.82) is 0 Å². The first-order valence-electron chi connectivity index (χ1n) is 12.3. The fraction of sp³-hybridized carbons (Fsp3) is 0.296. The molecule has 1 aromatic heterocycles. The number of sulfonamides is 1. The number of methoxy groups -OCH3 is 1.